The molecule has 5 aromatic rings. The smallest absolute Gasteiger partial charge is 0.358 e. The van der Waals surface area contributed by atoms with Gasteiger partial charge in [-0.05, 0) is 29.7 Å². The number of carboxylic acid groups (broad SMARTS) is 1. The van der Waals surface area contributed by atoms with Crippen LogP contribution in [0.2, 0.25) is 0 Å². The second kappa shape index (κ2) is 13.0. The van der Waals surface area contributed by atoms with Gasteiger partial charge in [0.2, 0.25) is 5.91 Å². The molecule has 6 rings (SSSR count). The fourth-order valence-electron chi connectivity index (χ4n) is 5.89. The van der Waals surface area contributed by atoms with E-state index in [9.17, 15) is 19.5 Å². The van der Waals surface area contributed by atoms with E-state index < -0.39 is 17.9 Å². The minimum atomic E-state index is -1.21. The van der Waals surface area contributed by atoms with Gasteiger partial charge in [0.15, 0.2) is 12.1 Å². The normalized spacial score (nSPS) is 14.5. The van der Waals surface area contributed by atoms with Gasteiger partial charge in [0.05, 0.1) is 6.04 Å². The number of aromatic nitrogens is 2. The molecule has 0 radical (unpaired) electrons. The number of carbonyl (C=O) groups excluding carboxylic acids is 2. The maximum atomic E-state index is 14.0. The van der Waals surface area contributed by atoms with Gasteiger partial charge in [0, 0.05) is 43.5 Å². The molecule has 224 valence electrons. The van der Waals surface area contributed by atoms with E-state index in [1.807, 2.05) is 60.7 Å². The summed E-state index contributed by atoms with van der Waals surface area (Å²) in [6, 6.07) is 29.1. The first kappa shape index (κ1) is 28.9. The summed E-state index contributed by atoms with van der Waals surface area (Å²) in [7, 11) is 0. The number of H-pyrrole nitrogens is 1. The first-order valence-corrected chi connectivity index (χ1v) is 14.6. The summed E-state index contributed by atoms with van der Waals surface area (Å²) < 4.78 is 5.31. The molecule has 0 saturated carbocycles. The third-order valence-electron chi connectivity index (χ3n) is 8.10. The molecule has 1 saturated heterocycles. The molecule has 2 amide bonds. The number of oxazole rings is 1. The number of nitrogens with one attached hydrogen (secondary N) is 2. The van der Waals surface area contributed by atoms with Crippen molar-refractivity contribution in [1.82, 2.24) is 25.1 Å². The Bertz CT molecular complexity index is 1670. The van der Waals surface area contributed by atoms with Crippen molar-refractivity contribution in [2.24, 2.45) is 0 Å². The van der Waals surface area contributed by atoms with Gasteiger partial charge < -0.3 is 24.7 Å². The van der Waals surface area contributed by atoms with Crippen LogP contribution in [0.1, 0.15) is 50.3 Å². The molecule has 0 unspecified atom stereocenters. The lowest BCUT2D eigenvalue weighted by Gasteiger charge is -2.40. The molecule has 0 spiro atoms. The van der Waals surface area contributed by atoms with E-state index in [1.54, 1.807) is 11.0 Å². The Morgan fingerprint density at radius 1 is 0.886 bits per heavy atom. The minimum absolute atomic E-state index is 0.0491. The van der Waals surface area contributed by atoms with Crippen molar-refractivity contribution >= 4 is 28.7 Å². The Kier molecular flexibility index (Phi) is 8.51. The van der Waals surface area contributed by atoms with E-state index in [-0.39, 0.29) is 36.2 Å². The SMILES string of the molecule is O=C(N[C@@H](CCc1ocnc1C(=O)O)C(=O)N1CCN(C(c2ccccc2)c2ccccc2)CC1)c1cc2ccccc2[nH]1. The first-order chi connectivity index (χ1) is 21.5. The number of rotatable bonds is 10. The van der Waals surface area contributed by atoms with Crippen LogP contribution >= 0.6 is 0 Å². The highest BCUT2D eigenvalue weighted by Gasteiger charge is 2.32. The van der Waals surface area contributed by atoms with Crippen molar-refractivity contribution < 1.29 is 23.9 Å². The predicted molar refractivity (Wildman–Crippen MR) is 164 cm³/mol. The molecule has 10 nitrogen and oxygen atoms in total. The van der Waals surface area contributed by atoms with Gasteiger partial charge in [-0.2, -0.15) is 0 Å². The molecular formula is C34H33N5O5. The second-order valence-electron chi connectivity index (χ2n) is 10.8. The molecule has 44 heavy (non-hydrogen) atoms. The number of benzene rings is 3. The van der Waals surface area contributed by atoms with E-state index in [2.05, 4.69) is 44.5 Å². The fraction of sp³-hybridized carbons (Fsp3) is 0.235. The number of hydrogen-bond acceptors (Lipinski definition) is 6. The lowest BCUT2D eigenvalue weighted by atomic mass is 9.96. The molecule has 0 bridgehead atoms. The number of carbonyl (C=O) groups is 3. The standard InChI is InChI=1S/C34H33N5O5/c40-32(28-21-25-13-7-8-14-26(25)36-28)37-27(15-16-29-30(34(42)43)35-22-44-29)33(41)39-19-17-38(18-20-39)31(23-9-3-1-4-10-23)24-11-5-2-6-12-24/h1-14,21-22,27,31,36H,15-20H2,(H,37,40)(H,42,43)/t27-/m0/s1. The number of aromatic carboxylic acids is 1. The van der Waals surface area contributed by atoms with Gasteiger partial charge in [-0.25, -0.2) is 9.78 Å². The molecule has 10 heteroatoms. The largest absolute Gasteiger partial charge is 0.476 e. The number of hydrogen-bond donors (Lipinski definition) is 3. The molecule has 3 heterocycles. The summed E-state index contributed by atoms with van der Waals surface area (Å²) in [5.74, 6) is -1.68. The van der Waals surface area contributed by atoms with E-state index in [0.717, 1.165) is 17.3 Å². The van der Waals surface area contributed by atoms with Crippen LogP contribution in [0.25, 0.3) is 10.9 Å². The van der Waals surface area contributed by atoms with Crippen LogP contribution in [0.15, 0.2) is 102 Å². The molecule has 0 aliphatic carbocycles. The van der Waals surface area contributed by atoms with Crippen molar-refractivity contribution in [3.05, 3.63) is 126 Å². The highest BCUT2D eigenvalue weighted by Crippen LogP contribution is 2.29. The second-order valence-corrected chi connectivity index (χ2v) is 10.8. The van der Waals surface area contributed by atoms with Crippen molar-refractivity contribution in [2.45, 2.75) is 24.9 Å². The van der Waals surface area contributed by atoms with Crippen LogP contribution < -0.4 is 5.32 Å². The van der Waals surface area contributed by atoms with Crippen LogP contribution in [0.4, 0.5) is 0 Å². The van der Waals surface area contributed by atoms with E-state index >= 15 is 0 Å². The lowest BCUT2D eigenvalue weighted by Crippen LogP contribution is -2.55. The van der Waals surface area contributed by atoms with Crippen LogP contribution in [0.3, 0.4) is 0 Å². The van der Waals surface area contributed by atoms with Gasteiger partial charge >= 0.3 is 5.97 Å². The minimum Gasteiger partial charge on any atom is -0.476 e. The van der Waals surface area contributed by atoms with Gasteiger partial charge in [0.1, 0.15) is 17.5 Å². The Labute approximate surface area is 254 Å². The molecule has 3 N–H and O–H groups in total. The molecule has 1 aliphatic rings. The Balaban J connectivity index is 1.19. The average Bonchev–Trinajstić information content (AvgIpc) is 3.72. The number of amides is 2. The number of fused-ring (bicyclic) bond motifs is 1. The van der Waals surface area contributed by atoms with Crippen molar-refractivity contribution in [3.63, 3.8) is 0 Å². The number of para-hydroxylation sites is 1. The number of nitrogens with zero attached hydrogens (tertiary/aromatic N) is 3. The van der Waals surface area contributed by atoms with E-state index in [4.69, 9.17) is 4.42 Å². The molecular weight excluding hydrogens is 558 g/mol. The summed E-state index contributed by atoms with van der Waals surface area (Å²) in [6.07, 6.45) is 1.35. The maximum absolute atomic E-state index is 14.0. The first-order valence-electron chi connectivity index (χ1n) is 14.6. The predicted octanol–water partition coefficient (Wildman–Crippen LogP) is 4.52. The zero-order chi connectivity index (χ0) is 30.5. The number of aromatic amines is 1. The van der Waals surface area contributed by atoms with Crippen molar-refractivity contribution in [1.29, 1.82) is 0 Å². The number of piperazine rings is 1. The molecule has 2 aromatic heterocycles. The summed E-state index contributed by atoms with van der Waals surface area (Å²) in [6.45, 7) is 2.26. The third kappa shape index (κ3) is 6.25. The van der Waals surface area contributed by atoms with E-state index in [1.165, 1.54) is 11.1 Å². The van der Waals surface area contributed by atoms with Crippen LogP contribution in [0.5, 0.6) is 0 Å². The zero-order valence-corrected chi connectivity index (χ0v) is 24.1. The Hall–Kier alpha value is -5.22. The van der Waals surface area contributed by atoms with Crippen LogP contribution in [-0.4, -0.2) is 74.9 Å². The molecule has 1 aliphatic heterocycles. The molecule has 3 aromatic carbocycles. The summed E-state index contributed by atoms with van der Waals surface area (Å²) in [4.78, 5) is 49.9. The molecule has 1 atom stereocenters. The number of aryl methyl sites for hydroxylation is 1. The highest BCUT2D eigenvalue weighted by molar-refractivity contribution is 6.00. The monoisotopic (exact) mass is 591 g/mol. The fourth-order valence-corrected chi connectivity index (χ4v) is 5.89. The maximum Gasteiger partial charge on any atom is 0.358 e. The quantitative estimate of drug-likeness (QED) is 0.218. The highest BCUT2D eigenvalue weighted by atomic mass is 16.4. The van der Waals surface area contributed by atoms with E-state index in [0.29, 0.717) is 31.9 Å². The topological polar surface area (TPSA) is 132 Å². The van der Waals surface area contributed by atoms with Crippen LogP contribution in [0, 0.1) is 0 Å². The van der Waals surface area contributed by atoms with Crippen molar-refractivity contribution in [3.8, 4) is 0 Å². The van der Waals surface area contributed by atoms with Gasteiger partial charge in [-0.15, -0.1) is 0 Å². The Morgan fingerprint density at radius 2 is 1.52 bits per heavy atom. The van der Waals surface area contributed by atoms with Crippen LogP contribution in [-0.2, 0) is 11.2 Å². The molecule has 1 fully saturated rings. The third-order valence-corrected chi connectivity index (χ3v) is 8.10. The lowest BCUT2D eigenvalue weighted by molar-refractivity contribution is -0.135. The van der Waals surface area contributed by atoms with Gasteiger partial charge in [-0.3, -0.25) is 14.5 Å². The summed E-state index contributed by atoms with van der Waals surface area (Å²) >= 11 is 0. The Morgan fingerprint density at radius 3 is 2.16 bits per heavy atom. The van der Waals surface area contributed by atoms with Gasteiger partial charge in [-0.1, -0.05) is 78.9 Å². The zero-order valence-electron chi connectivity index (χ0n) is 24.1. The van der Waals surface area contributed by atoms with Crippen molar-refractivity contribution in [2.75, 3.05) is 26.2 Å². The summed E-state index contributed by atoms with van der Waals surface area (Å²) in [5.41, 5.74) is 3.33. The average molecular weight is 592 g/mol. The van der Waals surface area contributed by atoms with Gasteiger partial charge in [0.25, 0.3) is 5.91 Å². The summed E-state index contributed by atoms with van der Waals surface area (Å²) in [5, 5.41) is 13.2. The number of carboxylic acids is 1.